The van der Waals surface area contributed by atoms with Gasteiger partial charge in [0.05, 0.1) is 18.3 Å². The van der Waals surface area contributed by atoms with Crippen molar-refractivity contribution in [1.82, 2.24) is 4.90 Å². The van der Waals surface area contributed by atoms with Gasteiger partial charge in [-0.15, -0.1) is 6.58 Å². The number of ether oxygens (including phenoxy) is 3. The predicted octanol–water partition coefficient (Wildman–Crippen LogP) is 2.27. The molecule has 24 heavy (non-hydrogen) atoms. The van der Waals surface area contributed by atoms with Crippen LogP contribution in [0.15, 0.2) is 47.7 Å². The normalized spacial score (nSPS) is 17.7. The van der Waals surface area contributed by atoms with Crippen LogP contribution in [-0.4, -0.2) is 37.2 Å². The minimum atomic E-state index is -0.542. The SMILES string of the molecule is C=CCN1C(=O)C(=Cc2ccc3c(c2)OCO3)C(C(=O)OC)=C1C. The van der Waals surface area contributed by atoms with Crippen molar-refractivity contribution in [1.29, 1.82) is 0 Å². The molecule has 0 saturated carbocycles. The van der Waals surface area contributed by atoms with Gasteiger partial charge in [0.15, 0.2) is 11.5 Å². The van der Waals surface area contributed by atoms with E-state index >= 15 is 0 Å². The molecule has 0 bridgehead atoms. The fourth-order valence-electron chi connectivity index (χ4n) is 2.75. The van der Waals surface area contributed by atoms with Gasteiger partial charge in [0.1, 0.15) is 0 Å². The number of nitrogens with zero attached hydrogens (tertiary/aromatic N) is 1. The number of carbonyl (C=O) groups is 2. The van der Waals surface area contributed by atoms with Crippen LogP contribution in [0.4, 0.5) is 0 Å². The summed E-state index contributed by atoms with van der Waals surface area (Å²) in [6, 6.07) is 5.33. The lowest BCUT2D eigenvalue weighted by molar-refractivity contribution is -0.136. The molecule has 124 valence electrons. The summed E-state index contributed by atoms with van der Waals surface area (Å²) in [5, 5.41) is 0. The highest BCUT2D eigenvalue weighted by Gasteiger charge is 2.36. The van der Waals surface area contributed by atoms with E-state index in [9.17, 15) is 9.59 Å². The van der Waals surface area contributed by atoms with Gasteiger partial charge in [0, 0.05) is 12.2 Å². The van der Waals surface area contributed by atoms with Crippen LogP contribution in [0.5, 0.6) is 11.5 Å². The molecule has 0 radical (unpaired) electrons. The smallest absolute Gasteiger partial charge is 0.340 e. The molecule has 1 amide bonds. The van der Waals surface area contributed by atoms with Crippen molar-refractivity contribution in [3.8, 4) is 11.5 Å². The molecule has 6 heteroatoms. The van der Waals surface area contributed by atoms with Crippen LogP contribution in [0.1, 0.15) is 12.5 Å². The molecule has 0 saturated heterocycles. The van der Waals surface area contributed by atoms with Crippen molar-refractivity contribution in [2.45, 2.75) is 6.92 Å². The van der Waals surface area contributed by atoms with Gasteiger partial charge in [-0.25, -0.2) is 4.79 Å². The van der Waals surface area contributed by atoms with E-state index in [-0.39, 0.29) is 18.3 Å². The molecule has 2 aliphatic rings. The van der Waals surface area contributed by atoms with Crippen molar-refractivity contribution >= 4 is 18.0 Å². The number of methoxy groups -OCH3 is 1. The van der Waals surface area contributed by atoms with Crippen LogP contribution in [-0.2, 0) is 14.3 Å². The van der Waals surface area contributed by atoms with Crippen LogP contribution in [0.3, 0.4) is 0 Å². The van der Waals surface area contributed by atoms with Gasteiger partial charge >= 0.3 is 5.97 Å². The van der Waals surface area contributed by atoms with Crippen LogP contribution in [0, 0.1) is 0 Å². The Hall–Kier alpha value is -3.02. The maximum atomic E-state index is 12.7. The second kappa shape index (κ2) is 6.23. The first kappa shape index (κ1) is 15.9. The molecular weight excluding hydrogens is 310 g/mol. The lowest BCUT2D eigenvalue weighted by Crippen LogP contribution is -2.24. The Balaban J connectivity index is 2.05. The van der Waals surface area contributed by atoms with E-state index in [1.54, 1.807) is 37.3 Å². The third kappa shape index (κ3) is 2.56. The lowest BCUT2D eigenvalue weighted by Gasteiger charge is -2.14. The Kier molecular flexibility index (Phi) is 4.12. The largest absolute Gasteiger partial charge is 0.465 e. The van der Waals surface area contributed by atoms with Gasteiger partial charge < -0.3 is 19.1 Å². The highest BCUT2D eigenvalue weighted by Crippen LogP contribution is 2.35. The maximum Gasteiger partial charge on any atom is 0.340 e. The standard InChI is InChI=1S/C18H17NO5/c1-4-7-19-11(2)16(18(21)22-3)13(17(19)20)8-12-5-6-14-15(9-12)24-10-23-14/h4-6,8-9H,1,7,10H2,2-3H3. The highest BCUT2D eigenvalue weighted by atomic mass is 16.7. The number of amides is 1. The third-order valence-electron chi connectivity index (χ3n) is 3.92. The zero-order chi connectivity index (χ0) is 17.3. The zero-order valence-corrected chi connectivity index (χ0v) is 13.5. The Bertz CT molecular complexity index is 791. The summed E-state index contributed by atoms with van der Waals surface area (Å²) in [6.45, 7) is 5.86. The van der Waals surface area contributed by atoms with Gasteiger partial charge in [0.25, 0.3) is 5.91 Å². The molecule has 0 N–H and O–H groups in total. The Morgan fingerprint density at radius 2 is 2.12 bits per heavy atom. The summed E-state index contributed by atoms with van der Waals surface area (Å²) in [6.07, 6.45) is 3.27. The van der Waals surface area contributed by atoms with Gasteiger partial charge in [0.2, 0.25) is 6.79 Å². The highest BCUT2D eigenvalue weighted by molar-refractivity contribution is 6.16. The molecule has 3 rings (SSSR count). The van der Waals surface area contributed by atoms with Crippen molar-refractivity contribution in [3.63, 3.8) is 0 Å². The van der Waals surface area contributed by atoms with Crippen molar-refractivity contribution in [2.24, 2.45) is 0 Å². The molecule has 2 aliphatic heterocycles. The summed E-state index contributed by atoms with van der Waals surface area (Å²) in [5.74, 6) is 0.464. The molecule has 2 heterocycles. The molecule has 0 aliphatic carbocycles. The Morgan fingerprint density at radius 3 is 2.83 bits per heavy atom. The summed E-state index contributed by atoms with van der Waals surface area (Å²) in [7, 11) is 1.29. The summed E-state index contributed by atoms with van der Waals surface area (Å²) in [4.78, 5) is 26.3. The molecule has 0 fully saturated rings. The maximum absolute atomic E-state index is 12.7. The number of carbonyl (C=O) groups excluding carboxylic acids is 2. The van der Waals surface area contributed by atoms with Gasteiger partial charge in [-0.1, -0.05) is 12.1 Å². The van der Waals surface area contributed by atoms with Crippen LogP contribution in [0.2, 0.25) is 0 Å². The van der Waals surface area contributed by atoms with E-state index in [1.165, 1.54) is 12.0 Å². The average Bonchev–Trinajstić information content (AvgIpc) is 3.13. The number of allylic oxidation sites excluding steroid dienone is 1. The number of esters is 1. The summed E-state index contributed by atoms with van der Waals surface area (Å²) >= 11 is 0. The first-order valence-corrected chi connectivity index (χ1v) is 7.40. The number of hydrogen-bond donors (Lipinski definition) is 0. The van der Waals surface area contributed by atoms with E-state index < -0.39 is 5.97 Å². The molecule has 0 unspecified atom stereocenters. The lowest BCUT2D eigenvalue weighted by atomic mass is 10.0. The monoisotopic (exact) mass is 327 g/mol. The molecule has 0 spiro atoms. The van der Waals surface area contributed by atoms with Gasteiger partial charge in [-0.05, 0) is 30.7 Å². The van der Waals surface area contributed by atoms with Crippen molar-refractivity contribution in [2.75, 3.05) is 20.4 Å². The summed E-state index contributed by atoms with van der Waals surface area (Å²) < 4.78 is 15.5. The molecule has 1 aromatic rings. The average molecular weight is 327 g/mol. The Labute approximate surface area is 139 Å². The number of rotatable bonds is 4. The zero-order valence-electron chi connectivity index (χ0n) is 13.5. The van der Waals surface area contributed by atoms with E-state index in [0.717, 1.165) is 5.56 Å². The molecule has 0 atom stereocenters. The number of fused-ring (bicyclic) bond motifs is 1. The molecule has 6 nitrogen and oxygen atoms in total. The van der Waals surface area contributed by atoms with E-state index in [2.05, 4.69) is 6.58 Å². The van der Waals surface area contributed by atoms with Crippen LogP contribution < -0.4 is 9.47 Å². The molecule has 1 aromatic carbocycles. The topological polar surface area (TPSA) is 65.1 Å². The van der Waals surface area contributed by atoms with Gasteiger partial charge in [-0.3, -0.25) is 4.79 Å². The van der Waals surface area contributed by atoms with E-state index in [1.807, 2.05) is 0 Å². The fraction of sp³-hybridized carbons (Fsp3) is 0.222. The molecular formula is C18H17NO5. The predicted molar refractivity (Wildman–Crippen MR) is 87.2 cm³/mol. The van der Waals surface area contributed by atoms with Crippen molar-refractivity contribution in [3.05, 3.63) is 53.3 Å². The summed E-state index contributed by atoms with van der Waals surface area (Å²) in [5.41, 5.74) is 1.85. The number of benzene rings is 1. The van der Waals surface area contributed by atoms with E-state index in [4.69, 9.17) is 14.2 Å². The molecule has 0 aromatic heterocycles. The fourth-order valence-corrected chi connectivity index (χ4v) is 2.75. The second-order valence-corrected chi connectivity index (χ2v) is 5.33. The van der Waals surface area contributed by atoms with Crippen molar-refractivity contribution < 1.29 is 23.8 Å². The van der Waals surface area contributed by atoms with Crippen LogP contribution >= 0.6 is 0 Å². The first-order chi connectivity index (χ1) is 11.6. The minimum Gasteiger partial charge on any atom is -0.465 e. The third-order valence-corrected chi connectivity index (χ3v) is 3.92. The van der Waals surface area contributed by atoms with E-state index in [0.29, 0.717) is 29.3 Å². The number of hydrogen-bond acceptors (Lipinski definition) is 5. The Morgan fingerprint density at radius 1 is 1.38 bits per heavy atom. The van der Waals surface area contributed by atoms with Crippen LogP contribution in [0.25, 0.3) is 6.08 Å². The quantitative estimate of drug-likeness (QED) is 0.482. The first-order valence-electron chi connectivity index (χ1n) is 7.40. The second-order valence-electron chi connectivity index (χ2n) is 5.33. The minimum absolute atomic E-state index is 0.174. The van der Waals surface area contributed by atoms with Gasteiger partial charge in [-0.2, -0.15) is 0 Å².